The molecule has 1 aromatic heterocycles. The lowest BCUT2D eigenvalue weighted by molar-refractivity contribution is -0.0550. The number of hydrogen-bond acceptors (Lipinski definition) is 7. The van der Waals surface area contributed by atoms with E-state index in [1.54, 1.807) is 0 Å². The lowest BCUT2D eigenvalue weighted by Crippen LogP contribution is -2.37. The Balaban J connectivity index is 2.36. The van der Waals surface area contributed by atoms with Crippen LogP contribution < -0.4 is 11.2 Å². The second kappa shape index (κ2) is 4.90. The predicted octanol–water partition coefficient (Wildman–Crippen LogP) is -2.92. The van der Waals surface area contributed by atoms with Crippen molar-refractivity contribution in [3.8, 4) is 0 Å². The van der Waals surface area contributed by atoms with Gasteiger partial charge in [-0.1, -0.05) is 5.16 Å². The first-order chi connectivity index (χ1) is 8.58. The zero-order valence-electron chi connectivity index (χ0n) is 9.17. The van der Waals surface area contributed by atoms with Gasteiger partial charge in [-0.05, 0) is 0 Å². The minimum atomic E-state index is -1.34. The van der Waals surface area contributed by atoms with Crippen molar-refractivity contribution in [2.24, 2.45) is 5.16 Å². The summed E-state index contributed by atoms with van der Waals surface area (Å²) >= 11 is 0. The summed E-state index contributed by atoms with van der Waals surface area (Å²) in [6.07, 6.45) is -3.46. The van der Waals surface area contributed by atoms with Crippen LogP contribution in [0.25, 0.3) is 0 Å². The van der Waals surface area contributed by atoms with Crippen LogP contribution in [-0.4, -0.2) is 55.0 Å². The summed E-state index contributed by atoms with van der Waals surface area (Å²) in [6.45, 7) is -0.475. The fourth-order valence-electron chi connectivity index (χ4n) is 1.80. The molecule has 4 atom stereocenters. The Kier molecular flexibility index (Phi) is 3.48. The summed E-state index contributed by atoms with van der Waals surface area (Å²) in [5.74, 6) is 0. The van der Waals surface area contributed by atoms with Crippen molar-refractivity contribution < 1.29 is 25.3 Å². The van der Waals surface area contributed by atoms with Crippen LogP contribution in [0.2, 0.25) is 0 Å². The Morgan fingerprint density at radius 3 is 2.67 bits per heavy atom. The van der Waals surface area contributed by atoms with Crippen LogP contribution in [0.3, 0.4) is 0 Å². The highest BCUT2D eigenvalue weighted by Crippen LogP contribution is 2.27. The fraction of sp³-hybridized carbons (Fsp3) is 0.556. The molecule has 0 amide bonds. The fourth-order valence-corrected chi connectivity index (χ4v) is 1.80. The number of aliphatic hydroxyl groups excluding tert-OH is 3. The molecule has 1 aliphatic rings. The van der Waals surface area contributed by atoms with Crippen molar-refractivity contribution in [1.82, 2.24) is 9.55 Å². The molecule has 9 nitrogen and oxygen atoms in total. The van der Waals surface area contributed by atoms with Crippen LogP contribution in [0, 0.1) is 0 Å². The molecule has 1 aliphatic heterocycles. The third kappa shape index (κ3) is 2.04. The van der Waals surface area contributed by atoms with E-state index in [4.69, 9.17) is 15.1 Å². The highest BCUT2D eigenvalue weighted by Gasteiger charge is 2.43. The van der Waals surface area contributed by atoms with Crippen LogP contribution in [0.1, 0.15) is 6.23 Å². The first kappa shape index (κ1) is 12.8. The van der Waals surface area contributed by atoms with Gasteiger partial charge in [0.25, 0.3) is 0 Å². The molecule has 0 radical (unpaired) electrons. The second-order valence-electron chi connectivity index (χ2n) is 3.87. The van der Waals surface area contributed by atoms with Gasteiger partial charge in [0.15, 0.2) is 11.7 Å². The average molecular weight is 259 g/mol. The van der Waals surface area contributed by atoms with Crippen LogP contribution in [-0.2, 0) is 4.74 Å². The van der Waals surface area contributed by atoms with Crippen molar-refractivity contribution in [2.75, 3.05) is 6.61 Å². The number of aromatic amines is 1. The third-order valence-electron chi connectivity index (χ3n) is 2.76. The normalized spacial score (nSPS) is 32.9. The quantitative estimate of drug-likeness (QED) is 0.284. The van der Waals surface area contributed by atoms with Gasteiger partial charge in [-0.15, -0.1) is 0 Å². The van der Waals surface area contributed by atoms with Gasteiger partial charge in [0, 0.05) is 12.3 Å². The van der Waals surface area contributed by atoms with Gasteiger partial charge in [-0.3, -0.25) is 9.55 Å². The van der Waals surface area contributed by atoms with Gasteiger partial charge in [-0.2, -0.15) is 0 Å². The molecular weight excluding hydrogens is 246 g/mol. The number of nitrogens with zero attached hydrogens (tertiary/aromatic N) is 2. The standard InChI is InChI=1S/C9H13N3O6/c13-3-4-6(14)7(15)8(18-4)12-2-1-5(11-17)10-9(12)16/h1-2,4,6-8,13-15,17H,3H2,(H,10,11,16)/t4?,6-,7-,8?/m1/s1. The van der Waals surface area contributed by atoms with E-state index in [1.165, 1.54) is 12.3 Å². The number of H-pyrrole nitrogens is 1. The molecule has 9 heteroatoms. The Morgan fingerprint density at radius 2 is 2.17 bits per heavy atom. The van der Waals surface area contributed by atoms with E-state index in [0.29, 0.717) is 0 Å². The number of nitrogens with one attached hydrogen (secondary N) is 1. The first-order valence-electron chi connectivity index (χ1n) is 5.20. The molecule has 1 fully saturated rings. The molecule has 18 heavy (non-hydrogen) atoms. The van der Waals surface area contributed by atoms with Crippen molar-refractivity contribution in [3.05, 3.63) is 28.2 Å². The zero-order valence-corrected chi connectivity index (χ0v) is 9.17. The van der Waals surface area contributed by atoms with Gasteiger partial charge < -0.3 is 25.3 Å². The van der Waals surface area contributed by atoms with Gasteiger partial charge in [0.05, 0.1) is 6.61 Å². The van der Waals surface area contributed by atoms with E-state index in [-0.39, 0.29) is 5.49 Å². The maximum Gasteiger partial charge on any atom is 0.329 e. The van der Waals surface area contributed by atoms with Crippen molar-refractivity contribution in [2.45, 2.75) is 24.5 Å². The van der Waals surface area contributed by atoms with Crippen molar-refractivity contribution >= 4 is 0 Å². The molecule has 2 unspecified atom stereocenters. The van der Waals surface area contributed by atoms with E-state index in [9.17, 15) is 15.0 Å². The van der Waals surface area contributed by atoms with Crippen molar-refractivity contribution in [1.29, 1.82) is 0 Å². The number of rotatable bonds is 2. The van der Waals surface area contributed by atoms with E-state index in [1.807, 2.05) is 0 Å². The molecule has 1 saturated heterocycles. The maximum atomic E-state index is 11.6. The minimum absolute atomic E-state index is 0.0528. The summed E-state index contributed by atoms with van der Waals surface area (Å²) in [4.78, 5) is 13.9. The molecule has 2 rings (SSSR count). The zero-order chi connectivity index (χ0) is 13.3. The Hall–Kier alpha value is -1.68. The number of aliphatic hydroxyl groups is 3. The highest BCUT2D eigenvalue weighted by atomic mass is 16.6. The molecule has 100 valence electrons. The summed E-state index contributed by atoms with van der Waals surface area (Å²) in [5.41, 5.74) is -0.733. The van der Waals surface area contributed by atoms with Crippen molar-refractivity contribution in [3.63, 3.8) is 0 Å². The summed E-state index contributed by atoms with van der Waals surface area (Å²) < 4.78 is 6.17. The summed E-state index contributed by atoms with van der Waals surface area (Å²) in [7, 11) is 0. The molecule has 0 aliphatic carbocycles. The SMILES string of the molecule is O=c1[nH]/c(=N/O)ccn1C1OC(CO)[C@@H](O)[C@H]1O. The van der Waals surface area contributed by atoms with Gasteiger partial charge in [0.1, 0.15) is 18.3 Å². The Bertz CT molecular complexity index is 538. The van der Waals surface area contributed by atoms with E-state index >= 15 is 0 Å². The van der Waals surface area contributed by atoms with Crippen LogP contribution in [0.5, 0.6) is 0 Å². The molecular formula is C9H13N3O6. The second-order valence-corrected chi connectivity index (χ2v) is 3.87. The summed E-state index contributed by atoms with van der Waals surface area (Å²) in [6, 6.07) is 1.29. The smallest absolute Gasteiger partial charge is 0.329 e. The lowest BCUT2D eigenvalue weighted by Gasteiger charge is -2.16. The Morgan fingerprint density at radius 1 is 1.44 bits per heavy atom. The largest absolute Gasteiger partial charge is 0.409 e. The first-order valence-corrected chi connectivity index (χ1v) is 5.20. The maximum absolute atomic E-state index is 11.6. The summed E-state index contributed by atoms with van der Waals surface area (Å²) in [5, 5.41) is 39.5. The molecule has 2 heterocycles. The highest BCUT2D eigenvalue weighted by molar-refractivity contribution is 4.92. The number of aromatic nitrogens is 2. The van der Waals surface area contributed by atoms with Gasteiger partial charge in [-0.25, -0.2) is 4.79 Å². The average Bonchev–Trinajstić information content (AvgIpc) is 2.66. The lowest BCUT2D eigenvalue weighted by atomic mass is 10.1. The minimum Gasteiger partial charge on any atom is -0.409 e. The van der Waals surface area contributed by atoms with Gasteiger partial charge in [0.2, 0.25) is 0 Å². The number of ether oxygens (including phenoxy) is 1. The number of hydrogen-bond donors (Lipinski definition) is 5. The molecule has 1 aromatic rings. The van der Waals surface area contributed by atoms with E-state index in [0.717, 1.165) is 4.57 Å². The van der Waals surface area contributed by atoms with Crippen LogP contribution >= 0.6 is 0 Å². The van der Waals surface area contributed by atoms with Crippen LogP contribution in [0.4, 0.5) is 0 Å². The molecule has 0 saturated carbocycles. The molecule has 5 N–H and O–H groups in total. The molecule has 0 aromatic carbocycles. The van der Waals surface area contributed by atoms with Crippen LogP contribution in [0.15, 0.2) is 22.2 Å². The third-order valence-corrected chi connectivity index (χ3v) is 2.76. The molecule has 0 bridgehead atoms. The van der Waals surface area contributed by atoms with E-state index < -0.39 is 36.8 Å². The molecule has 0 spiro atoms. The topological polar surface area (TPSA) is 140 Å². The van der Waals surface area contributed by atoms with Gasteiger partial charge >= 0.3 is 5.69 Å². The predicted molar refractivity (Wildman–Crippen MR) is 55.4 cm³/mol. The monoisotopic (exact) mass is 259 g/mol. The Labute approximate surface area is 100 Å². The van der Waals surface area contributed by atoms with E-state index in [2.05, 4.69) is 10.1 Å².